The molecule has 0 bridgehead atoms. The molecule has 2 aromatic rings. The molecule has 0 amide bonds. The molecule has 0 saturated carbocycles. The molecule has 1 aromatic carbocycles. The summed E-state index contributed by atoms with van der Waals surface area (Å²) in [7, 11) is -0.416. The van der Waals surface area contributed by atoms with Crippen LogP contribution < -0.4 is 14.2 Å². The average molecular weight is 311 g/mol. The van der Waals surface area contributed by atoms with Gasteiger partial charge < -0.3 is 14.5 Å². The maximum Gasteiger partial charge on any atom is 0.257 e. The predicted molar refractivity (Wildman–Crippen MR) is 77.0 cm³/mol. The Hall–Kier alpha value is -2.06. The van der Waals surface area contributed by atoms with Crippen LogP contribution in [0.15, 0.2) is 35.7 Å². The summed E-state index contributed by atoms with van der Waals surface area (Å²) in [6.45, 7) is 0.275. The van der Waals surface area contributed by atoms with E-state index >= 15 is 0 Å². The first-order chi connectivity index (χ1) is 10.1. The number of methoxy groups -OCH3 is 2. The number of rotatable bonds is 7. The zero-order valence-electron chi connectivity index (χ0n) is 11.8. The lowest BCUT2D eigenvalue weighted by Crippen LogP contribution is -2.26. The molecule has 0 unspecified atom stereocenters. The van der Waals surface area contributed by atoms with Gasteiger partial charge in [-0.3, -0.25) is 0 Å². The SMILES string of the molecule is COc1ccc(CCNS(=O)(=O)c2cnc[nH]2)cc1OC. The first-order valence-corrected chi connectivity index (χ1v) is 7.74. The first kappa shape index (κ1) is 15.3. The van der Waals surface area contributed by atoms with Crippen molar-refractivity contribution in [1.82, 2.24) is 14.7 Å². The van der Waals surface area contributed by atoms with Gasteiger partial charge in [-0.1, -0.05) is 6.07 Å². The molecule has 0 spiro atoms. The van der Waals surface area contributed by atoms with Crippen molar-refractivity contribution in [2.75, 3.05) is 20.8 Å². The maximum atomic E-state index is 11.9. The first-order valence-electron chi connectivity index (χ1n) is 6.26. The van der Waals surface area contributed by atoms with Crippen molar-refractivity contribution in [2.45, 2.75) is 11.4 Å². The molecule has 0 radical (unpaired) electrons. The molecule has 8 heteroatoms. The van der Waals surface area contributed by atoms with E-state index in [1.807, 2.05) is 12.1 Å². The molecule has 2 rings (SSSR count). The van der Waals surface area contributed by atoms with E-state index in [2.05, 4.69) is 14.7 Å². The highest BCUT2D eigenvalue weighted by Gasteiger charge is 2.14. The molecule has 1 aromatic heterocycles. The fraction of sp³-hybridized carbons (Fsp3) is 0.308. The Morgan fingerprint density at radius 2 is 2.00 bits per heavy atom. The second-order valence-electron chi connectivity index (χ2n) is 4.25. The number of nitrogens with one attached hydrogen (secondary N) is 2. The zero-order valence-corrected chi connectivity index (χ0v) is 12.6. The van der Waals surface area contributed by atoms with E-state index in [1.54, 1.807) is 20.3 Å². The summed E-state index contributed by atoms with van der Waals surface area (Å²) in [5.74, 6) is 1.26. The van der Waals surface area contributed by atoms with Crippen LogP contribution in [-0.4, -0.2) is 39.2 Å². The molecule has 2 N–H and O–H groups in total. The van der Waals surface area contributed by atoms with Gasteiger partial charge in [0.1, 0.15) is 0 Å². The van der Waals surface area contributed by atoms with Gasteiger partial charge >= 0.3 is 0 Å². The molecule has 0 saturated heterocycles. The van der Waals surface area contributed by atoms with Gasteiger partial charge in [-0.2, -0.15) is 0 Å². The highest BCUT2D eigenvalue weighted by atomic mass is 32.2. The summed E-state index contributed by atoms with van der Waals surface area (Å²) in [4.78, 5) is 6.25. The van der Waals surface area contributed by atoms with E-state index < -0.39 is 10.0 Å². The molecule has 7 nitrogen and oxygen atoms in total. The Kier molecular flexibility index (Phi) is 4.81. The molecule has 0 aliphatic carbocycles. The van der Waals surface area contributed by atoms with Crippen molar-refractivity contribution >= 4 is 10.0 Å². The second kappa shape index (κ2) is 6.59. The topological polar surface area (TPSA) is 93.3 Å². The standard InChI is InChI=1S/C13H17N3O4S/c1-19-11-4-3-10(7-12(11)20-2)5-6-16-21(17,18)13-8-14-9-15-13/h3-4,7-9,16H,5-6H2,1-2H3,(H,14,15). The number of hydrogen-bond acceptors (Lipinski definition) is 5. The van der Waals surface area contributed by atoms with Gasteiger partial charge in [0.05, 0.1) is 26.7 Å². The van der Waals surface area contributed by atoms with Crippen LogP contribution in [0.5, 0.6) is 11.5 Å². The van der Waals surface area contributed by atoms with E-state index in [1.165, 1.54) is 12.5 Å². The Morgan fingerprint density at radius 3 is 2.62 bits per heavy atom. The smallest absolute Gasteiger partial charge is 0.257 e. The Balaban J connectivity index is 1.98. The molecule has 0 atom stereocenters. The quantitative estimate of drug-likeness (QED) is 0.794. The van der Waals surface area contributed by atoms with Crippen LogP contribution in [-0.2, 0) is 16.4 Å². The van der Waals surface area contributed by atoms with Gasteiger partial charge in [0.15, 0.2) is 16.5 Å². The van der Waals surface area contributed by atoms with Crippen molar-refractivity contribution in [3.05, 3.63) is 36.3 Å². The summed E-state index contributed by atoms with van der Waals surface area (Å²) in [6, 6.07) is 5.48. The van der Waals surface area contributed by atoms with Gasteiger partial charge in [0, 0.05) is 6.54 Å². The molecule has 114 valence electrons. The van der Waals surface area contributed by atoms with E-state index in [4.69, 9.17) is 9.47 Å². The normalized spacial score (nSPS) is 11.3. The van der Waals surface area contributed by atoms with Crippen molar-refractivity contribution in [3.8, 4) is 11.5 Å². The summed E-state index contributed by atoms with van der Waals surface area (Å²) < 4.78 is 36.6. The minimum Gasteiger partial charge on any atom is -0.493 e. The Morgan fingerprint density at radius 1 is 1.24 bits per heavy atom. The number of ether oxygens (including phenoxy) is 2. The lowest BCUT2D eigenvalue weighted by molar-refractivity contribution is 0.354. The number of H-pyrrole nitrogens is 1. The van der Waals surface area contributed by atoms with E-state index in [-0.39, 0.29) is 11.6 Å². The monoisotopic (exact) mass is 311 g/mol. The Bertz CT molecular complexity index is 683. The van der Waals surface area contributed by atoms with Gasteiger partial charge in [-0.25, -0.2) is 18.1 Å². The number of benzene rings is 1. The maximum absolute atomic E-state index is 11.9. The van der Waals surface area contributed by atoms with Crippen LogP contribution in [0.2, 0.25) is 0 Å². The second-order valence-corrected chi connectivity index (χ2v) is 5.99. The molecule has 0 fully saturated rings. The molecule has 1 heterocycles. The fourth-order valence-electron chi connectivity index (χ4n) is 1.83. The molecular formula is C13H17N3O4S. The van der Waals surface area contributed by atoms with Crippen molar-refractivity contribution in [2.24, 2.45) is 0 Å². The van der Waals surface area contributed by atoms with Crippen LogP contribution in [0, 0.1) is 0 Å². The third kappa shape index (κ3) is 3.73. The zero-order chi connectivity index (χ0) is 15.3. The van der Waals surface area contributed by atoms with Crippen molar-refractivity contribution < 1.29 is 17.9 Å². The highest BCUT2D eigenvalue weighted by Crippen LogP contribution is 2.27. The van der Waals surface area contributed by atoms with Gasteiger partial charge in [-0.05, 0) is 24.1 Å². The molecule has 21 heavy (non-hydrogen) atoms. The highest BCUT2D eigenvalue weighted by molar-refractivity contribution is 7.89. The number of nitrogens with zero attached hydrogens (tertiary/aromatic N) is 1. The van der Waals surface area contributed by atoms with E-state index in [0.717, 1.165) is 5.56 Å². The van der Waals surface area contributed by atoms with Gasteiger partial charge in [0.2, 0.25) is 0 Å². The summed E-state index contributed by atoms with van der Waals surface area (Å²) in [6.07, 6.45) is 3.12. The van der Waals surface area contributed by atoms with E-state index in [9.17, 15) is 8.42 Å². The lowest BCUT2D eigenvalue weighted by atomic mass is 10.1. The minimum atomic E-state index is -3.54. The fourth-order valence-corrected chi connectivity index (χ4v) is 2.77. The number of sulfonamides is 1. The number of imidazole rings is 1. The van der Waals surface area contributed by atoms with Gasteiger partial charge in [-0.15, -0.1) is 0 Å². The van der Waals surface area contributed by atoms with Crippen LogP contribution in [0.4, 0.5) is 0 Å². The predicted octanol–water partition coefficient (Wildman–Crippen LogP) is 0.948. The lowest BCUT2D eigenvalue weighted by Gasteiger charge is -2.10. The van der Waals surface area contributed by atoms with Crippen LogP contribution in [0.3, 0.4) is 0 Å². The minimum absolute atomic E-state index is 0.0508. The van der Waals surface area contributed by atoms with Crippen LogP contribution in [0.1, 0.15) is 5.56 Å². The van der Waals surface area contributed by atoms with Crippen molar-refractivity contribution in [1.29, 1.82) is 0 Å². The number of hydrogen-bond donors (Lipinski definition) is 2. The summed E-state index contributed by atoms with van der Waals surface area (Å²) in [5, 5.41) is 0.0508. The Labute approximate surface area is 123 Å². The third-order valence-corrected chi connectivity index (χ3v) is 4.30. The van der Waals surface area contributed by atoms with Gasteiger partial charge in [0.25, 0.3) is 10.0 Å². The van der Waals surface area contributed by atoms with Crippen LogP contribution in [0.25, 0.3) is 0 Å². The molecule has 0 aliphatic rings. The van der Waals surface area contributed by atoms with Crippen molar-refractivity contribution in [3.63, 3.8) is 0 Å². The average Bonchev–Trinajstić information content (AvgIpc) is 3.02. The summed E-state index contributed by atoms with van der Waals surface area (Å²) in [5.41, 5.74) is 0.944. The molecular weight excluding hydrogens is 294 g/mol. The summed E-state index contributed by atoms with van der Waals surface area (Å²) >= 11 is 0. The van der Waals surface area contributed by atoms with Crippen LogP contribution >= 0.6 is 0 Å². The molecule has 0 aliphatic heterocycles. The third-order valence-electron chi connectivity index (χ3n) is 2.92. The number of aromatic nitrogens is 2. The number of aromatic amines is 1. The van der Waals surface area contributed by atoms with E-state index in [0.29, 0.717) is 17.9 Å². The largest absolute Gasteiger partial charge is 0.493 e.